The van der Waals surface area contributed by atoms with Crippen molar-refractivity contribution in [1.29, 1.82) is 0 Å². The molecule has 0 aromatic heterocycles. The first kappa shape index (κ1) is 16.0. The molecular weight excluding hydrogens is 258 g/mol. The van der Waals surface area contributed by atoms with Gasteiger partial charge in [0.1, 0.15) is 5.75 Å². The maximum atomic E-state index is 11.9. The summed E-state index contributed by atoms with van der Waals surface area (Å²) in [6.45, 7) is 4.36. The van der Waals surface area contributed by atoms with E-state index >= 15 is 0 Å². The topological polar surface area (TPSA) is 86.6 Å². The van der Waals surface area contributed by atoms with Gasteiger partial charge in [0.2, 0.25) is 0 Å². The Kier molecular flexibility index (Phi) is 6.03. The maximum Gasteiger partial charge on any atom is 0.303 e. The van der Waals surface area contributed by atoms with E-state index in [1.807, 2.05) is 13.8 Å². The van der Waals surface area contributed by atoms with E-state index in [4.69, 9.17) is 5.11 Å². The molecule has 3 N–H and O–H groups in total. The zero-order valence-corrected chi connectivity index (χ0v) is 11.8. The van der Waals surface area contributed by atoms with E-state index in [9.17, 15) is 14.7 Å². The molecule has 0 aliphatic rings. The summed E-state index contributed by atoms with van der Waals surface area (Å²) >= 11 is 0. The average Bonchev–Trinajstić information content (AvgIpc) is 2.34. The van der Waals surface area contributed by atoms with Crippen molar-refractivity contribution in [2.45, 2.75) is 26.7 Å². The number of nitrogens with one attached hydrogen (secondary N) is 1. The lowest BCUT2D eigenvalue weighted by atomic mass is 9.94. The van der Waals surface area contributed by atoms with Crippen LogP contribution in [0.2, 0.25) is 0 Å². The van der Waals surface area contributed by atoms with Gasteiger partial charge in [-0.25, -0.2) is 0 Å². The molecule has 1 atom stereocenters. The van der Waals surface area contributed by atoms with Gasteiger partial charge in [-0.2, -0.15) is 0 Å². The van der Waals surface area contributed by atoms with Crippen LogP contribution >= 0.6 is 0 Å². The van der Waals surface area contributed by atoms with Crippen LogP contribution in [0, 0.1) is 11.8 Å². The van der Waals surface area contributed by atoms with E-state index in [0.29, 0.717) is 18.0 Å². The molecule has 5 heteroatoms. The number of benzene rings is 1. The van der Waals surface area contributed by atoms with E-state index in [1.165, 1.54) is 12.1 Å². The molecule has 1 rings (SSSR count). The molecule has 0 bridgehead atoms. The standard InChI is InChI=1S/C15H21NO4/c1-10(2)6-11(7-14(18)19)9-16-15(20)12-4-3-5-13(17)8-12/h3-5,8,10-11,17H,6-7,9H2,1-2H3,(H,16,20)(H,18,19)/t11-/m0/s1. The van der Waals surface area contributed by atoms with E-state index in [2.05, 4.69) is 5.32 Å². The molecule has 0 saturated heterocycles. The van der Waals surface area contributed by atoms with Crippen molar-refractivity contribution in [1.82, 2.24) is 5.32 Å². The fourth-order valence-corrected chi connectivity index (χ4v) is 2.14. The fourth-order valence-electron chi connectivity index (χ4n) is 2.14. The van der Waals surface area contributed by atoms with Crippen molar-refractivity contribution in [3.8, 4) is 5.75 Å². The van der Waals surface area contributed by atoms with Gasteiger partial charge in [0, 0.05) is 18.5 Å². The Labute approximate surface area is 118 Å². The summed E-state index contributed by atoms with van der Waals surface area (Å²) in [7, 11) is 0. The summed E-state index contributed by atoms with van der Waals surface area (Å²) in [6, 6.07) is 6.06. The van der Waals surface area contributed by atoms with Gasteiger partial charge in [0.15, 0.2) is 0 Å². The number of rotatable bonds is 7. The molecule has 1 amide bonds. The second kappa shape index (κ2) is 7.53. The Morgan fingerprint density at radius 3 is 2.55 bits per heavy atom. The van der Waals surface area contributed by atoms with Crippen LogP contribution < -0.4 is 5.32 Å². The molecule has 1 aromatic carbocycles. The third kappa shape index (κ3) is 5.73. The third-order valence-corrected chi connectivity index (χ3v) is 2.93. The number of carbonyl (C=O) groups is 2. The van der Waals surface area contributed by atoms with Crippen molar-refractivity contribution >= 4 is 11.9 Å². The van der Waals surface area contributed by atoms with Crippen LogP contribution in [0.4, 0.5) is 0 Å². The molecule has 110 valence electrons. The number of aromatic hydroxyl groups is 1. The lowest BCUT2D eigenvalue weighted by Crippen LogP contribution is -2.31. The SMILES string of the molecule is CC(C)C[C@H](CNC(=O)c1cccc(O)c1)CC(=O)O. The van der Waals surface area contributed by atoms with E-state index < -0.39 is 5.97 Å². The molecular formula is C15H21NO4. The van der Waals surface area contributed by atoms with Crippen LogP contribution in [0.25, 0.3) is 0 Å². The van der Waals surface area contributed by atoms with Crippen LogP contribution in [0.3, 0.4) is 0 Å². The van der Waals surface area contributed by atoms with Gasteiger partial charge in [-0.05, 0) is 36.5 Å². The summed E-state index contributed by atoms with van der Waals surface area (Å²) in [5, 5.41) is 20.9. The van der Waals surface area contributed by atoms with Crippen molar-refractivity contribution < 1.29 is 19.8 Å². The second-order valence-corrected chi connectivity index (χ2v) is 5.35. The first-order chi connectivity index (χ1) is 9.38. The van der Waals surface area contributed by atoms with E-state index in [1.54, 1.807) is 12.1 Å². The zero-order chi connectivity index (χ0) is 15.1. The highest BCUT2D eigenvalue weighted by molar-refractivity contribution is 5.94. The Morgan fingerprint density at radius 2 is 2.00 bits per heavy atom. The number of carbonyl (C=O) groups excluding carboxylic acids is 1. The summed E-state index contributed by atoms with van der Waals surface area (Å²) in [6.07, 6.45) is 0.783. The van der Waals surface area contributed by atoms with Crippen LogP contribution in [0.15, 0.2) is 24.3 Å². The number of carboxylic acids is 1. The Bertz CT molecular complexity index is 471. The van der Waals surface area contributed by atoms with Crippen LogP contribution in [0.1, 0.15) is 37.0 Å². The average molecular weight is 279 g/mol. The summed E-state index contributed by atoms with van der Waals surface area (Å²) in [5.74, 6) is -0.852. The van der Waals surface area contributed by atoms with Crippen molar-refractivity contribution in [3.05, 3.63) is 29.8 Å². The number of aliphatic carboxylic acids is 1. The minimum absolute atomic E-state index is 0.0296. The molecule has 20 heavy (non-hydrogen) atoms. The highest BCUT2D eigenvalue weighted by atomic mass is 16.4. The predicted molar refractivity (Wildman–Crippen MR) is 75.6 cm³/mol. The van der Waals surface area contributed by atoms with E-state index in [-0.39, 0.29) is 24.0 Å². The molecule has 1 aromatic rings. The number of carboxylic acid groups (broad SMARTS) is 1. The molecule has 0 saturated carbocycles. The number of hydrogen-bond donors (Lipinski definition) is 3. The monoisotopic (exact) mass is 279 g/mol. The number of hydrogen-bond acceptors (Lipinski definition) is 3. The normalized spacial score (nSPS) is 12.2. The fraction of sp³-hybridized carbons (Fsp3) is 0.467. The number of amides is 1. The van der Waals surface area contributed by atoms with Crippen LogP contribution in [-0.4, -0.2) is 28.6 Å². The lowest BCUT2D eigenvalue weighted by molar-refractivity contribution is -0.138. The summed E-state index contributed by atoms with van der Waals surface area (Å²) in [4.78, 5) is 22.7. The van der Waals surface area contributed by atoms with Crippen molar-refractivity contribution in [2.24, 2.45) is 11.8 Å². The van der Waals surface area contributed by atoms with E-state index in [0.717, 1.165) is 6.42 Å². The van der Waals surface area contributed by atoms with Crippen molar-refractivity contribution in [3.63, 3.8) is 0 Å². The maximum absolute atomic E-state index is 11.9. The largest absolute Gasteiger partial charge is 0.508 e. The summed E-state index contributed by atoms with van der Waals surface area (Å²) < 4.78 is 0. The third-order valence-electron chi connectivity index (χ3n) is 2.93. The molecule has 0 fully saturated rings. The molecule has 0 spiro atoms. The number of phenolic OH excluding ortho intramolecular Hbond substituents is 1. The molecule has 0 aliphatic carbocycles. The lowest BCUT2D eigenvalue weighted by Gasteiger charge is -2.17. The molecule has 0 unspecified atom stereocenters. The Hall–Kier alpha value is -2.04. The first-order valence-corrected chi connectivity index (χ1v) is 6.67. The predicted octanol–water partition coefficient (Wildman–Crippen LogP) is 2.26. The highest BCUT2D eigenvalue weighted by Gasteiger charge is 2.16. The Balaban J connectivity index is 2.57. The number of phenols is 1. The molecule has 0 radical (unpaired) electrons. The second-order valence-electron chi connectivity index (χ2n) is 5.35. The molecule has 5 nitrogen and oxygen atoms in total. The first-order valence-electron chi connectivity index (χ1n) is 6.67. The zero-order valence-electron chi connectivity index (χ0n) is 11.8. The van der Waals surface area contributed by atoms with Crippen molar-refractivity contribution in [2.75, 3.05) is 6.54 Å². The van der Waals surface area contributed by atoms with Crippen LogP contribution in [-0.2, 0) is 4.79 Å². The van der Waals surface area contributed by atoms with Gasteiger partial charge in [0.25, 0.3) is 5.91 Å². The highest BCUT2D eigenvalue weighted by Crippen LogP contribution is 2.15. The van der Waals surface area contributed by atoms with Gasteiger partial charge in [-0.3, -0.25) is 9.59 Å². The van der Waals surface area contributed by atoms with Gasteiger partial charge in [-0.15, -0.1) is 0 Å². The molecule has 0 heterocycles. The summed E-state index contributed by atoms with van der Waals surface area (Å²) in [5.41, 5.74) is 0.364. The van der Waals surface area contributed by atoms with Gasteiger partial charge in [-0.1, -0.05) is 19.9 Å². The smallest absolute Gasteiger partial charge is 0.303 e. The Morgan fingerprint density at radius 1 is 1.30 bits per heavy atom. The quantitative estimate of drug-likeness (QED) is 0.714. The van der Waals surface area contributed by atoms with Gasteiger partial charge >= 0.3 is 5.97 Å². The minimum Gasteiger partial charge on any atom is -0.508 e. The van der Waals surface area contributed by atoms with Gasteiger partial charge in [0.05, 0.1) is 0 Å². The molecule has 0 aliphatic heterocycles. The van der Waals surface area contributed by atoms with Gasteiger partial charge < -0.3 is 15.5 Å². The minimum atomic E-state index is -0.859. The van der Waals surface area contributed by atoms with Crippen LogP contribution in [0.5, 0.6) is 5.75 Å².